The van der Waals surface area contributed by atoms with E-state index in [1.165, 1.54) is 86.3 Å². The summed E-state index contributed by atoms with van der Waals surface area (Å²) in [5, 5.41) is 4.56. The van der Waals surface area contributed by atoms with Gasteiger partial charge in [0.1, 0.15) is 16.7 Å². The number of hydrogen-bond donors (Lipinski definition) is 0. The van der Waals surface area contributed by atoms with E-state index in [0.717, 1.165) is 61.5 Å². The van der Waals surface area contributed by atoms with Crippen molar-refractivity contribution in [3.63, 3.8) is 0 Å². The summed E-state index contributed by atoms with van der Waals surface area (Å²) in [5.41, 5.74) is 21.3. The lowest BCUT2D eigenvalue weighted by Gasteiger charge is -2.50. The molecule has 63 heavy (non-hydrogen) atoms. The predicted molar refractivity (Wildman–Crippen MR) is 263 cm³/mol. The topological polar surface area (TPSA) is 37.7 Å². The minimum Gasteiger partial charge on any atom is -0.454 e. The molecule has 3 aliphatic heterocycles. The van der Waals surface area contributed by atoms with Crippen molar-refractivity contribution < 1.29 is 8.83 Å². The van der Waals surface area contributed by atoms with Gasteiger partial charge in [-0.1, -0.05) is 113 Å². The Hall–Kier alpha value is -6.66. The molecule has 1 fully saturated rings. The summed E-state index contributed by atoms with van der Waals surface area (Å²) in [6.07, 6.45) is 4.81. The third-order valence-electron chi connectivity index (χ3n) is 16.1. The molecule has 2 unspecified atom stereocenters. The van der Waals surface area contributed by atoms with Crippen molar-refractivity contribution in [1.82, 2.24) is 4.57 Å². The van der Waals surface area contributed by atoms with Gasteiger partial charge in [-0.05, 0) is 126 Å². The monoisotopic (exact) mass is 817 g/mol. The van der Waals surface area contributed by atoms with Crippen molar-refractivity contribution >= 4 is 106 Å². The first-order valence-corrected chi connectivity index (χ1v) is 22.9. The van der Waals surface area contributed by atoms with Crippen LogP contribution in [0.4, 0.5) is 28.4 Å². The van der Waals surface area contributed by atoms with Crippen LogP contribution in [-0.4, -0.2) is 16.8 Å². The van der Waals surface area contributed by atoms with E-state index in [9.17, 15) is 0 Å². The number of furan rings is 2. The van der Waals surface area contributed by atoms with E-state index in [4.69, 9.17) is 8.83 Å². The number of fused-ring (bicyclic) bond motifs is 15. The molecule has 10 aromatic rings. The first-order valence-electron chi connectivity index (χ1n) is 22.9. The average Bonchev–Trinajstić information content (AvgIpc) is 4.00. The molecule has 4 aliphatic rings. The summed E-state index contributed by atoms with van der Waals surface area (Å²) in [6, 6.07) is 50.2. The molecule has 3 aromatic heterocycles. The van der Waals surface area contributed by atoms with Gasteiger partial charge < -0.3 is 23.2 Å². The molecule has 14 rings (SSSR count). The van der Waals surface area contributed by atoms with E-state index in [-0.39, 0.29) is 23.1 Å². The second-order valence-corrected chi connectivity index (χ2v) is 20.5. The van der Waals surface area contributed by atoms with Crippen LogP contribution in [0, 0.1) is 6.92 Å². The van der Waals surface area contributed by atoms with Crippen LogP contribution in [0.2, 0.25) is 0 Å². The van der Waals surface area contributed by atoms with Crippen LogP contribution < -0.4 is 26.2 Å². The van der Waals surface area contributed by atoms with E-state index in [1.54, 1.807) is 0 Å². The van der Waals surface area contributed by atoms with Gasteiger partial charge in [-0.25, -0.2) is 0 Å². The number of hydrogen-bond acceptors (Lipinski definition) is 4. The van der Waals surface area contributed by atoms with Crippen LogP contribution in [-0.2, 0) is 10.8 Å². The molecular formula is C57H48BN3O2. The van der Waals surface area contributed by atoms with Crippen molar-refractivity contribution in [2.45, 2.75) is 83.6 Å². The molecule has 6 heterocycles. The van der Waals surface area contributed by atoms with Gasteiger partial charge in [0.15, 0.2) is 11.2 Å². The molecule has 6 heteroatoms. The van der Waals surface area contributed by atoms with Crippen LogP contribution in [0.15, 0.2) is 142 Å². The lowest BCUT2D eigenvalue weighted by Crippen LogP contribution is -2.60. The van der Waals surface area contributed by atoms with Crippen LogP contribution in [0.25, 0.3) is 60.6 Å². The number of benzene rings is 7. The normalized spacial score (nSPS) is 20.0. The summed E-state index contributed by atoms with van der Waals surface area (Å²) < 4.78 is 16.2. The zero-order valence-corrected chi connectivity index (χ0v) is 36.8. The van der Waals surface area contributed by atoms with E-state index < -0.39 is 0 Å². The van der Waals surface area contributed by atoms with E-state index >= 15 is 0 Å². The number of aryl methyl sites for hydroxylation is 1. The highest BCUT2D eigenvalue weighted by molar-refractivity contribution is 7.00. The fourth-order valence-electron chi connectivity index (χ4n) is 12.9. The SMILES string of the molecule is Cc1cc2c3c(c1)-n1c4c(cccc4c4oc5ccccc5c41)B3c1ccc(N3c4ccc(C(C)(C)C)cc4C4(C)CCCCC34C)cc1N2c1cccc2c1oc1ccccc12. The van der Waals surface area contributed by atoms with Gasteiger partial charge in [0.25, 0.3) is 6.71 Å². The fourth-order valence-corrected chi connectivity index (χ4v) is 12.9. The van der Waals surface area contributed by atoms with Crippen molar-refractivity contribution in [3.8, 4) is 5.69 Å². The third-order valence-corrected chi connectivity index (χ3v) is 16.1. The summed E-state index contributed by atoms with van der Waals surface area (Å²) in [7, 11) is 0. The molecule has 306 valence electrons. The molecular weight excluding hydrogens is 769 g/mol. The quantitative estimate of drug-likeness (QED) is 0.163. The van der Waals surface area contributed by atoms with Gasteiger partial charge >= 0.3 is 0 Å². The molecule has 0 spiro atoms. The fraction of sp³-hybridized carbons (Fsp3) is 0.228. The van der Waals surface area contributed by atoms with Gasteiger partial charge in [-0.15, -0.1) is 0 Å². The van der Waals surface area contributed by atoms with Crippen LogP contribution in [0.5, 0.6) is 0 Å². The van der Waals surface area contributed by atoms with Crippen molar-refractivity contribution in [2.24, 2.45) is 0 Å². The third kappa shape index (κ3) is 4.39. The van der Waals surface area contributed by atoms with Gasteiger partial charge in [0, 0.05) is 55.4 Å². The number of anilines is 5. The van der Waals surface area contributed by atoms with E-state index in [1.807, 2.05) is 0 Å². The van der Waals surface area contributed by atoms with Gasteiger partial charge in [-0.2, -0.15) is 0 Å². The van der Waals surface area contributed by atoms with E-state index in [0.29, 0.717) is 0 Å². The number of para-hydroxylation sites is 4. The summed E-state index contributed by atoms with van der Waals surface area (Å²) in [6.45, 7) is 14.4. The van der Waals surface area contributed by atoms with Gasteiger partial charge in [0.05, 0.1) is 16.7 Å². The Morgan fingerprint density at radius 1 is 0.571 bits per heavy atom. The highest BCUT2D eigenvalue weighted by Crippen LogP contribution is 2.61. The summed E-state index contributed by atoms with van der Waals surface area (Å²) >= 11 is 0. The Bertz CT molecular complexity index is 3660. The largest absolute Gasteiger partial charge is 0.454 e. The summed E-state index contributed by atoms with van der Waals surface area (Å²) in [5.74, 6) is 0. The molecule has 0 amide bonds. The number of aromatic nitrogens is 1. The Morgan fingerprint density at radius 3 is 2.13 bits per heavy atom. The van der Waals surface area contributed by atoms with Crippen molar-refractivity contribution in [3.05, 3.63) is 150 Å². The summed E-state index contributed by atoms with van der Waals surface area (Å²) in [4.78, 5) is 5.30. The second-order valence-electron chi connectivity index (χ2n) is 20.5. The zero-order valence-electron chi connectivity index (χ0n) is 36.8. The highest BCUT2D eigenvalue weighted by atomic mass is 16.3. The maximum Gasteiger partial charge on any atom is 0.252 e. The number of rotatable bonds is 2. The van der Waals surface area contributed by atoms with Crippen LogP contribution in [0.3, 0.4) is 0 Å². The zero-order chi connectivity index (χ0) is 42.3. The maximum absolute atomic E-state index is 6.93. The van der Waals surface area contributed by atoms with E-state index in [2.05, 4.69) is 189 Å². The lowest BCUT2D eigenvalue weighted by atomic mass is 9.33. The first kappa shape index (κ1) is 35.9. The van der Waals surface area contributed by atoms with Crippen molar-refractivity contribution in [2.75, 3.05) is 9.80 Å². The van der Waals surface area contributed by atoms with Crippen LogP contribution >= 0.6 is 0 Å². The van der Waals surface area contributed by atoms with Crippen molar-refractivity contribution in [1.29, 1.82) is 0 Å². The highest BCUT2D eigenvalue weighted by Gasteiger charge is 2.58. The van der Waals surface area contributed by atoms with Gasteiger partial charge in [0.2, 0.25) is 0 Å². The number of nitrogens with zero attached hydrogens (tertiary/aromatic N) is 3. The van der Waals surface area contributed by atoms with Crippen LogP contribution in [0.1, 0.15) is 77.0 Å². The average molecular weight is 818 g/mol. The standard InChI is InChI=1S/C57H48BN3O2/c1-33-29-46-50-47(30-33)60-51-39(54-52(60)38-16-8-10-22-49(38)63-54)18-13-19-42(51)58(50)41-25-24-35(32-45(41)59(46)44-20-14-17-37-36-15-7-9-21-48(36)62-53(37)44)61-43-26-23-34(55(2,3)4)31-40(43)56(5)27-11-12-28-57(56,61)6/h7-10,13-26,29-32H,11-12,27-28H2,1-6H3. The molecule has 0 radical (unpaired) electrons. The Balaban J connectivity index is 1.09. The minimum atomic E-state index is -0.0909. The molecule has 5 nitrogen and oxygen atoms in total. The second kappa shape index (κ2) is 11.9. The molecule has 0 saturated heterocycles. The minimum absolute atomic E-state index is 0.00277. The molecule has 7 aromatic carbocycles. The smallest absolute Gasteiger partial charge is 0.252 e. The Kier molecular flexibility index (Phi) is 6.76. The molecule has 0 bridgehead atoms. The predicted octanol–water partition coefficient (Wildman–Crippen LogP) is 13.4. The maximum atomic E-state index is 6.93. The van der Waals surface area contributed by atoms with Gasteiger partial charge in [-0.3, -0.25) is 0 Å². The molecule has 0 N–H and O–H groups in total. The Labute approximate surface area is 367 Å². The molecule has 1 saturated carbocycles. The molecule has 2 atom stereocenters. The lowest BCUT2D eigenvalue weighted by molar-refractivity contribution is 0.195. The Morgan fingerprint density at radius 2 is 1.29 bits per heavy atom. The first-order chi connectivity index (χ1) is 30.5. The molecule has 1 aliphatic carbocycles.